The molecule has 0 aliphatic carbocycles. The minimum Gasteiger partial charge on any atom is -0.467 e. The number of hydrogen-bond donors (Lipinski definition) is 1. The normalized spacial score (nSPS) is 11.5. The summed E-state index contributed by atoms with van der Waals surface area (Å²) in [5, 5.41) is 0.390. The maximum Gasteiger partial charge on any atom is 0.261 e. The van der Waals surface area contributed by atoms with Gasteiger partial charge in [-0.15, -0.1) is 0 Å². The summed E-state index contributed by atoms with van der Waals surface area (Å²) in [5.74, 6) is -0.194. The second-order valence-electron chi connectivity index (χ2n) is 8.08. The van der Waals surface area contributed by atoms with Gasteiger partial charge in [0.05, 0.1) is 27.9 Å². The second-order valence-corrected chi connectivity index (χ2v) is 10.8. The van der Waals surface area contributed by atoms with Crippen molar-refractivity contribution in [3.8, 4) is 0 Å². The predicted octanol–water partition coefficient (Wildman–Crippen LogP) is 5.98. The fourth-order valence-corrected chi connectivity index (χ4v) is 5.60. The summed E-state index contributed by atoms with van der Waals surface area (Å²) in [6, 6.07) is 20.4. The molecule has 0 bridgehead atoms. The van der Waals surface area contributed by atoms with Crippen molar-refractivity contribution in [2.45, 2.75) is 18.4 Å². The average molecular weight is 522 g/mol. The number of rotatable bonds is 7. The molecule has 0 atom stereocenters. The van der Waals surface area contributed by atoms with Gasteiger partial charge in [0.2, 0.25) is 0 Å². The van der Waals surface area contributed by atoms with Crippen molar-refractivity contribution in [3.63, 3.8) is 0 Å². The summed E-state index contributed by atoms with van der Waals surface area (Å²) in [4.78, 5) is 19.6. The molecule has 0 spiro atoms. The molecule has 0 aliphatic heterocycles. The van der Waals surface area contributed by atoms with Crippen LogP contribution in [0.2, 0.25) is 0 Å². The van der Waals surface area contributed by atoms with E-state index in [1.54, 1.807) is 30.3 Å². The molecule has 3 aromatic carbocycles. The van der Waals surface area contributed by atoms with Crippen molar-refractivity contribution in [2.75, 3.05) is 9.62 Å². The van der Waals surface area contributed by atoms with Gasteiger partial charge < -0.3 is 4.42 Å². The predicted molar refractivity (Wildman–Crippen MR) is 137 cm³/mol. The average Bonchev–Trinajstić information content (AvgIpc) is 3.52. The Labute approximate surface area is 210 Å². The van der Waals surface area contributed by atoms with Crippen LogP contribution in [0.25, 0.3) is 10.2 Å². The van der Waals surface area contributed by atoms with Crippen LogP contribution < -0.4 is 9.62 Å². The number of amides is 1. The lowest BCUT2D eigenvalue weighted by Crippen LogP contribution is -2.30. The smallest absolute Gasteiger partial charge is 0.261 e. The maximum atomic E-state index is 13.7. The van der Waals surface area contributed by atoms with E-state index in [4.69, 9.17) is 4.42 Å². The van der Waals surface area contributed by atoms with E-state index >= 15 is 0 Å². The highest BCUT2D eigenvalue weighted by molar-refractivity contribution is 7.92. The number of nitrogens with zero attached hydrogens (tertiary/aromatic N) is 2. The van der Waals surface area contributed by atoms with Crippen molar-refractivity contribution in [3.05, 3.63) is 108 Å². The Kier molecular flexibility index (Phi) is 6.29. The lowest BCUT2D eigenvalue weighted by Gasteiger charge is -2.19. The molecular formula is C26H20FN3O4S2. The molecule has 5 rings (SSSR count). The van der Waals surface area contributed by atoms with Gasteiger partial charge in [-0.1, -0.05) is 29.0 Å². The molecule has 182 valence electrons. The van der Waals surface area contributed by atoms with Crippen molar-refractivity contribution >= 4 is 48.3 Å². The summed E-state index contributed by atoms with van der Waals surface area (Å²) in [7, 11) is -3.77. The summed E-state index contributed by atoms with van der Waals surface area (Å²) < 4.78 is 47.6. The molecule has 0 saturated heterocycles. The molecule has 0 radical (unpaired) electrons. The topological polar surface area (TPSA) is 92.5 Å². The van der Waals surface area contributed by atoms with Crippen molar-refractivity contribution in [1.82, 2.24) is 4.98 Å². The van der Waals surface area contributed by atoms with E-state index in [2.05, 4.69) is 9.71 Å². The van der Waals surface area contributed by atoms with Crippen LogP contribution in [0.4, 0.5) is 15.2 Å². The largest absolute Gasteiger partial charge is 0.467 e. The van der Waals surface area contributed by atoms with E-state index in [1.165, 1.54) is 71.0 Å². The molecule has 0 saturated carbocycles. The minimum atomic E-state index is -3.77. The van der Waals surface area contributed by atoms with Crippen molar-refractivity contribution in [1.29, 1.82) is 0 Å². The van der Waals surface area contributed by atoms with E-state index in [0.29, 0.717) is 32.4 Å². The number of sulfonamides is 1. The third kappa shape index (κ3) is 5.00. The number of benzene rings is 3. The Balaban J connectivity index is 1.41. The van der Waals surface area contributed by atoms with Crippen LogP contribution in [-0.2, 0) is 16.6 Å². The highest BCUT2D eigenvalue weighted by Gasteiger charge is 2.23. The maximum absolute atomic E-state index is 13.7. The van der Waals surface area contributed by atoms with E-state index in [9.17, 15) is 17.6 Å². The monoisotopic (exact) mass is 521 g/mol. The van der Waals surface area contributed by atoms with Gasteiger partial charge in [-0.2, -0.15) is 0 Å². The Hall–Kier alpha value is -4.02. The lowest BCUT2D eigenvalue weighted by atomic mass is 10.2. The first kappa shape index (κ1) is 23.7. The van der Waals surface area contributed by atoms with Crippen LogP contribution in [-0.4, -0.2) is 19.3 Å². The number of nitrogens with one attached hydrogen (secondary N) is 1. The number of fused-ring (bicyclic) bond motifs is 1. The lowest BCUT2D eigenvalue weighted by molar-refractivity contribution is 0.0983. The van der Waals surface area contributed by atoms with Crippen molar-refractivity contribution in [2.24, 2.45) is 0 Å². The molecule has 36 heavy (non-hydrogen) atoms. The zero-order valence-corrected chi connectivity index (χ0v) is 20.6. The van der Waals surface area contributed by atoms with Gasteiger partial charge in [-0.3, -0.25) is 14.4 Å². The quantitative estimate of drug-likeness (QED) is 0.284. The number of aryl methyl sites for hydroxylation is 1. The number of furan rings is 1. The van der Waals surface area contributed by atoms with Crippen LogP contribution in [0.1, 0.15) is 21.7 Å². The third-order valence-electron chi connectivity index (χ3n) is 5.42. The zero-order valence-electron chi connectivity index (χ0n) is 19.0. The van der Waals surface area contributed by atoms with Crippen molar-refractivity contribution < 1.29 is 22.0 Å². The van der Waals surface area contributed by atoms with Crippen LogP contribution >= 0.6 is 11.3 Å². The van der Waals surface area contributed by atoms with Gasteiger partial charge >= 0.3 is 0 Å². The fraction of sp³-hybridized carbons (Fsp3) is 0.0769. The first-order valence-electron chi connectivity index (χ1n) is 10.9. The van der Waals surface area contributed by atoms with E-state index in [1.807, 2.05) is 6.92 Å². The zero-order chi connectivity index (χ0) is 25.3. The molecule has 0 unspecified atom stereocenters. The Morgan fingerprint density at radius 2 is 1.81 bits per heavy atom. The summed E-state index contributed by atoms with van der Waals surface area (Å²) in [5.41, 5.74) is 2.18. The Morgan fingerprint density at radius 3 is 2.50 bits per heavy atom. The third-order valence-corrected chi connectivity index (χ3v) is 7.86. The number of aromatic nitrogens is 1. The second kappa shape index (κ2) is 9.56. The molecule has 7 nitrogen and oxygen atoms in total. The van der Waals surface area contributed by atoms with Gasteiger partial charge in [0.1, 0.15) is 11.6 Å². The molecule has 2 heterocycles. The molecule has 2 aromatic heterocycles. The summed E-state index contributed by atoms with van der Waals surface area (Å²) in [6.07, 6.45) is 1.51. The van der Waals surface area contributed by atoms with Gasteiger partial charge in [0, 0.05) is 11.3 Å². The van der Waals surface area contributed by atoms with Gasteiger partial charge in [-0.05, 0) is 73.7 Å². The molecule has 1 N–H and O–H groups in total. The minimum absolute atomic E-state index is 0.121. The van der Waals surface area contributed by atoms with Crippen LogP contribution in [0, 0.1) is 12.7 Å². The molecule has 10 heteroatoms. The van der Waals surface area contributed by atoms with Crippen LogP contribution in [0.3, 0.4) is 0 Å². The molecule has 5 aromatic rings. The Morgan fingerprint density at radius 1 is 1.06 bits per heavy atom. The summed E-state index contributed by atoms with van der Waals surface area (Å²) >= 11 is 1.19. The summed E-state index contributed by atoms with van der Waals surface area (Å²) in [6.45, 7) is 2.00. The first-order valence-corrected chi connectivity index (χ1v) is 13.2. The van der Waals surface area contributed by atoms with Gasteiger partial charge in [0.25, 0.3) is 15.9 Å². The number of carbonyl (C=O) groups excluding carboxylic acids is 1. The molecule has 0 aliphatic rings. The van der Waals surface area contributed by atoms with Gasteiger partial charge in [-0.25, -0.2) is 17.8 Å². The SMILES string of the molecule is Cc1ccc(S(=O)(=O)Nc2ccc(C(=O)N(Cc3ccco3)c3nc4ccc(F)cc4s3)cc2)cc1. The molecular weight excluding hydrogens is 501 g/mol. The molecule has 1 amide bonds. The van der Waals surface area contributed by atoms with E-state index in [-0.39, 0.29) is 23.2 Å². The number of thiazole rings is 1. The van der Waals surface area contributed by atoms with Crippen LogP contribution in [0.15, 0.2) is 94.4 Å². The first-order chi connectivity index (χ1) is 17.3. The highest BCUT2D eigenvalue weighted by atomic mass is 32.2. The van der Waals surface area contributed by atoms with Crippen LogP contribution in [0.5, 0.6) is 0 Å². The van der Waals surface area contributed by atoms with E-state index < -0.39 is 10.0 Å². The van der Waals surface area contributed by atoms with Gasteiger partial charge in [0.15, 0.2) is 5.13 Å². The fourth-order valence-electron chi connectivity index (χ4n) is 3.55. The number of halogens is 1. The standard InChI is InChI=1S/C26H20FN3O4S2/c1-17-4-11-22(12-5-17)36(32,33)29-20-9-6-18(7-10-20)25(31)30(16-21-3-2-14-34-21)26-28-23-13-8-19(27)15-24(23)35-26/h2-15,29H,16H2,1H3. The number of anilines is 2. The number of carbonyl (C=O) groups is 1. The molecule has 0 fully saturated rings. The Bertz CT molecular complexity index is 1630. The van der Waals surface area contributed by atoms with E-state index in [0.717, 1.165) is 5.56 Å². The highest BCUT2D eigenvalue weighted by Crippen LogP contribution is 2.31. The number of hydrogen-bond acceptors (Lipinski definition) is 6.